The van der Waals surface area contributed by atoms with Gasteiger partial charge in [-0.3, -0.25) is 4.79 Å². The van der Waals surface area contributed by atoms with Crippen LogP contribution >= 0.6 is 0 Å². The molecule has 0 aromatic rings. The van der Waals surface area contributed by atoms with Crippen molar-refractivity contribution < 1.29 is 4.79 Å². The van der Waals surface area contributed by atoms with Gasteiger partial charge in [-0.1, -0.05) is 0 Å². The SMILES string of the molecule is CC(C)(C)NCC(=O)NC(C)(C)C. The van der Waals surface area contributed by atoms with E-state index in [1.165, 1.54) is 0 Å². The van der Waals surface area contributed by atoms with E-state index in [-0.39, 0.29) is 17.0 Å². The van der Waals surface area contributed by atoms with E-state index in [1.807, 2.05) is 41.5 Å². The normalized spacial score (nSPS) is 12.8. The van der Waals surface area contributed by atoms with Gasteiger partial charge in [-0.2, -0.15) is 0 Å². The Bertz CT molecular complexity index is 174. The minimum atomic E-state index is -0.142. The van der Waals surface area contributed by atoms with Crippen LogP contribution in [-0.2, 0) is 4.79 Å². The summed E-state index contributed by atoms with van der Waals surface area (Å²) in [7, 11) is 0. The van der Waals surface area contributed by atoms with Gasteiger partial charge in [-0.25, -0.2) is 0 Å². The van der Waals surface area contributed by atoms with E-state index in [0.717, 1.165) is 0 Å². The quantitative estimate of drug-likeness (QED) is 0.682. The Kier molecular flexibility index (Phi) is 3.91. The molecule has 0 unspecified atom stereocenters. The second kappa shape index (κ2) is 4.09. The predicted molar refractivity (Wildman–Crippen MR) is 55.7 cm³/mol. The van der Waals surface area contributed by atoms with Crippen molar-refractivity contribution in [3.05, 3.63) is 0 Å². The first kappa shape index (κ1) is 12.4. The molecule has 1 amide bonds. The molecule has 3 heteroatoms. The number of rotatable bonds is 2. The highest BCUT2D eigenvalue weighted by atomic mass is 16.2. The van der Waals surface area contributed by atoms with Crippen molar-refractivity contribution >= 4 is 5.91 Å². The third-order valence-corrected chi connectivity index (χ3v) is 1.29. The molecule has 0 aromatic carbocycles. The standard InChI is InChI=1S/C10H22N2O/c1-9(2,3)11-7-8(13)12-10(4,5)6/h11H,7H2,1-6H3,(H,12,13). The first-order chi connectivity index (χ1) is 5.60. The van der Waals surface area contributed by atoms with E-state index in [0.29, 0.717) is 6.54 Å². The molecule has 0 atom stereocenters. The summed E-state index contributed by atoms with van der Waals surface area (Å²) in [5.41, 5.74) is -0.147. The summed E-state index contributed by atoms with van der Waals surface area (Å²) < 4.78 is 0. The zero-order valence-corrected chi connectivity index (χ0v) is 9.62. The predicted octanol–water partition coefficient (Wildman–Crippen LogP) is 1.29. The molecule has 0 spiro atoms. The smallest absolute Gasteiger partial charge is 0.234 e. The zero-order chi connectivity index (χ0) is 10.7. The molecule has 0 aliphatic rings. The van der Waals surface area contributed by atoms with Crippen LogP contribution in [0.15, 0.2) is 0 Å². The lowest BCUT2D eigenvalue weighted by atomic mass is 10.1. The van der Waals surface area contributed by atoms with Gasteiger partial charge in [0.25, 0.3) is 0 Å². The highest BCUT2D eigenvalue weighted by molar-refractivity contribution is 5.78. The van der Waals surface area contributed by atoms with Crippen LogP contribution in [0.25, 0.3) is 0 Å². The minimum Gasteiger partial charge on any atom is -0.350 e. The Morgan fingerprint density at radius 2 is 1.46 bits per heavy atom. The van der Waals surface area contributed by atoms with Crippen LogP contribution in [-0.4, -0.2) is 23.5 Å². The van der Waals surface area contributed by atoms with Crippen molar-refractivity contribution in [2.24, 2.45) is 0 Å². The van der Waals surface area contributed by atoms with Gasteiger partial charge >= 0.3 is 0 Å². The maximum Gasteiger partial charge on any atom is 0.234 e. The molecule has 0 bridgehead atoms. The summed E-state index contributed by atoms with van der Waals surface area (Å²) >= 11 is 0. The van der Waals surface area contributed by atoms with Gasteiger partial charge in [0.05, 0.1) is 6.54 Å². The van der Waals surface area contributed by atoms with Crippen LogP contribution in [0.4, 0.5) is 0 Å². The number of hydrogen-bond donors (Lipinski definition) is 2. The van der Waals surface area contributed by atoms with Gasteiger partial charge in [-0.05, 0) is 41.5 Å². The van der Waals surface area contributed by atoms with E-state index in [4.69, 9.17) is 0 Å². The topological polar surface area (TPSA) is 41.1 Å². The summed E-state index contributed by atoms with van der Waals surface area (Å²) in [6.45, 7) is 12.4. The lowest BCUT2D eigenvalue weighted by Crippen LogP contribution is -2.48. The molecule has 0 aliphatic carbocycles. The highest BCUT2D eigenvalue weighted by Gasteiger charge is 2.15. The van der Waals surface area contributed by atoms with Gasteiger partial charge in [0.2, 0.25) is 5.91 Å². The molecule has 0 aromatic heterocycles. The number of nitrogens with one attached hydrogen (secondary N) is 2. The molecule has 0 fully saturated rings. The van der Waals surface area contributed by atoms with Crippen LogP contribution in [0.2, 0.25) is 0 Å². The van der Waals surface area contributed by atoms with E-state index >= 15 is 0 Å². The molecule has 0 aliphatic heterocycles. The molecule has 0 radical (unpaired) electrons. The van der Waals surface area contributed by atoms with E-state index < -0.39 is 0 Å². The van der Waals surface area contributed by atoms with Crippen LogP contribution in [0.3, 0.4) is 0 Å². The second-order valence-corrected chi connectivity index (χ2v) is 5.40. The molecule has 2 N–H and O–H groups in total. The second-order valence-electron chi connectivity index (χ2n) is 5.40. The summed E-state index contributed by atoms with van der Waals surface area (Å²) in [4.78, 5) is 11.3. The van der Waals surface area contributed by atoms with Crippen LogP contribution in [0, 0.1) is 0 Å². The average Bonchev–Trinajstić information content (AvgIpc) is 1.78. The fourth-order valence-electron chi connectivity index (χ4n) is 0.808. The number of hydrogen-bond acceptors (Lipinski definition) is 2. The Hall–Kier alpha value is -0.570. The van der Waals surface area contributed by atoms with Crippen molar-refractivity contribution in [1.82, 2.24) is 10.6 Å². The first-order valence-corrected chi connectivity index (χ1v) is 4.66. The molecule has 3 nitrogen and oxygen atoms in total. The van der Waals surface area contributed by atoms with Gasteiger partial charge in [0, 0.05) is 11.1 Å². The maximum absolute atomic E-state index is 11.3. The molecule has 78 valence electrons. The summed E-state index contributed by atoms with van der Waals surface area (Å²) in [5, 5.41) is 6.02. The van der Waals surface area contributed by atoms with E-state index in [2.05, 4.69) is 10.6 Å². The van der Waals surface area contributed by atoms with E-state index in [1.54, 1.807) is 0 Å². The maximum atomic E-state index is 11.3. The third kappa shape index (κ3) is 9.34. The lowest BCUT2D eigenvalue weighted by Gasteiger charge is -2.24. The van der Waals surface area contributed by atoms with Crippen molar-refractivity contribution in [3.63, 3.8) is 0 Å². The van der Waals surface area contributed by atoms with Crippen molar-refractivity contribution in [3.8, 4) is 0 Å². The summed E-state index contributed by atoms with van der Waals surface area (Å²) in [6, 6.07) is 0. The van der Waals surface area contributed by atoms with Crippen LogP contribution in [0.1, 0.15) is 41.5 Å². The van der Waals surface area contributed by atoms with Crippen LogP contribution < -0.4 is 10.6 Å². The number of carbonyl (C=O) groups excluding carboxylic acids is 1. The van der Waals surface area contributed by atoms with Gasteiger partial charge in [0.1, 0.15) is 0 Å². The fourth-order valence-corrected chi connectivity index (χ4v) is 0.808. The first-order valence-electron chi connectivity index (χ1n) is 4.66. The Morgan fingerprint density at radius 3 is 1.77 bits per heavy atom. The molecular weight excluding hydrogens is 164 g/mol. The monoisotopic (exact) mass is 186 g/mol. The average molecular weight is 186 g/mol. The third-order valence-electron chi connectivity index (χ3n) is 1.29. The molecule has 13 heavy (non-hydrogen) atoms. The van der Waals surface area contributed by atoms with Crippen LogP contribution in [0.5, 0.6) is 0 Å². The number of amides is 1. The van der Waals surface area contributed by atoms with Gasteiger partial charge in [-0.15, -0.1) is 0 Å². The summed E-state index contributed by atoms with van der Waals surface area (Å²) in [5.74, 6) is 0.0439. The van der Waals surface area contributed by atoms with Gasteiger partial charge < -0.3 is 10.6 Å². The molecule has 0 saturated heterocycles. The van der Waals surface area contributed by atoms with Crippen molar-refractivity contribution in [2.75, 3.05) is 6.54 Å². The Labute approximate surface area is 81.3 Å². The minimum absolute atomic E-state index is 0.00474. The summed E-state index contributed by atoms with van der Waals surface area (Å²) in [6.07, 6.45) is 0. The van der Waals surface area contributed by atoms with E-state index in [9.17, 15) is 4.79 Å². The Balaban J connectivity index is 3.78. The van der Waals surface area contributed by atoms with Crippen molar-refractivity contribution in [1.29, 1.82) is 0 Å². The van der Waals surface area contributed by atoms with Gasteiger partial charge in [0.15, 0.2) is 0 Å². The number of carbonyl (C=O) groups is 1. The largest absolute Gasteiger partial charge is 0.350 e. The zero-order valence-electron chi connectivity index (χ0n) is 9.62. The fraction of sp³-hybridized carbons (Fsp3) is 0.900. The molecule has 0 rings (SSSR count). The highest BCUT2D eigenvalue weighted by Crippen LogP contribution is 1.99. The van der Waals surface area contributed by atoms with Crippen molar-refractivity contribution in [2.45, 2.75) is 52.6 Å². The molecular formula is C10H22N2O. The Morgan fingerprint density at radius 1 is 1.00 bits per heavy atom. The molecule has 0 saturated carbocycles. The lowest BCUT2D eigenvalue weighted by molar-refractivity contribution is -0.121. The molecule has 0 heterocycles.